The predicted octanol–water partition coefficient (Wildman–Crippen LogP) is 1.83. The first-order valence-electron chi connectivity index (χ1n) is 9.33. The molecule has 3 N–H and O–H groups in total. The van der Waals surface area contributed by atoms with Gasteiger partial charge in [0.15, 0.2) is 5.82 Å². The van der Waals surface area contributed by atoms with Gasteiger partial charge in [0, 0.05) is 25.5 Å². The second-order valence-corrected chi connectivity index (χ2v) is 9.32. The first kappa shape index (κ1) is 19.1. The van der Waals surface area contributed by atoms with E-state index in [0.717, 1.165) is 41.5 Å². The van der Waals surface area contributed by atoms with Gasteiger partial charge < -0.3 is 15.0 Å². The van der Waals surface area contributed by atoms with Crippen LogP contribution >= 0.6 is 0 Å². The van der Waals surface area contributed by atoms with Crippen LogP contribution in [0, 0.1) is 0 Å². The summed E-state index contributed by atoms with van der Waals surface area (Å²) in [5.41, 5.74) is 8.06. The van der Waals surface area contributed by atoms with Gasteiger partial charge >= 0.3 is 0 Å². The van der Waals surface area contributed by atoms with Crippen LogP contribution in [0.25, 0.3) is 21.9 Å². The smallest absolute Gasteiger partial charge is 0.209 e. The van der Waals surface area contributed by atoms with E-state index in [-0.39, 0.29) is 0 Å². The molecule has 28 heavy (non-hydrogen) atoms. The number of benzene rings is 1. The first-order valence-corrected chi connectivity index (χ1v) is 11.2. The Labute approximate surface area is 164 Å². The van der Waals surface area contributed by atoms with Gasteiger partial charge in [0.25, 0.3) is 0 Å². The summed E-state index contributed by atoms with van der Waals surface area (Å²) in [4.78, 5) is 9.24. The van der Waals surface area contributed by atoms with Crippen LogP contribution in [0.1, 0.15) is 25.1 Å². The standard InChI is InChI=1S/C19H25N5O3S/c1-27-11-8-15-22-16-17(13-6-3-4-7-14(13)21-18(16)20)24(15)12-19(9-5-10-19)23-28(2,25)26/h3-4,6-7,23H,5,8-12H2,1-2H3,(H2,20,21). The Morgan fingerprint density at radius 2 is 2.04 bits per heavy atom. The molecule has 0 aliphatic heterocycles. The highest BCUT2D eigenvalue weighted by atomic mass is 32.2. The second kappa shape index (κ2) is 6.98. The number of aromatic nitrogens is 3. The van der Waals surface area contributed by atoms with Crippen molar-refractivity contribution < 1.29 is 13.2 Å². The first-order chi connectivity index (χ1) is 13.3. The highest BCUT2D eigenvalue weighted by Gasteiger charge is 2.40. The average Bonchev–Trinajstić information content (AvgIpc) is 2.96. The number of rotatable bonds is 7. The molecule has 0 atom stereocenters. The maximum Gasteiger partial charge on any atom is 0.209 e. The summed E-state index contributed by atoms with van der Waals surface area (Å²) in [6.45, 7) is 1.02. The summed E-state index contributed by atoms with van der Waals surface area (Å²) in [6, 6.07) is 7.80. The van der Waals surface area contributed by atoms with Gasteiger partial charge in [-0.25, -0.2) is 23.1 Å². The fraction of sp³-hybridized carbons (Fsp3) is 0.474. The minimum absolute atomic E-state index is 0.379. The third-order valence-electron chi connectivity index (χ3n) is 5.39. The highest BCUT2D eigenvalue weighted by Crippen LogP contribution is 2.37. The molecular weight excluding hydrogens is 378 g/mol. The van der Waals surface area contributed by atoms with Crippen molar-refractivity contribution in [2.24, 2.45) is 0 Å². The maximum absolute atomic E-state index is 12.0. The molecule has 1 aliphatic carbocycles. The number of nitrogens with two attached hydrogens (primary N) is 1. The number of hydrogen-bond acceptors (Lipinski definition) is 6. The fourth-order valence-corrected chi connectivity index (χ4v) is 5.11. The minimum atomic E-state index is -3.33. The van der Waals surface area contributed by atoms with E-state index in [9.17, 15) is 8.42 Å². The Bertz CT molecular complexity index is 1140. The number of pyridine rings is 1. The van der Waals surface area contributed by atoms with E-state index in [1.807, 2.05) is 24.3 Å². The molecule has 0 radical (unpaired) electrons. The molecule has 8 nitrogen and oxygen atoms in total. The Hall–Kier alpha value is -2.23. The summed E-state index contributed by atoms with van der Waals surface area (Å²) >= 11 is 0. The van der Waals surface area contributed by atoms with Gasteiger partial charge in [0.1, 0.15) is 11.3 Å². The molecule has 2 aromatic heterocycles. The zero-order valence-corrected chi connectivity index (χ0v) is 16.9. The van der Waals surface area contributed by atoms with Crippen LogP contribution in [-0.4, -0.2) is 48.5 Å². The summed E-state index contributed by atoms with van der Waals surface area (Å²) in [5, 5.41) is 0.955. The highest BCUT2D eigenvalue weighted by molar-refractivity contribution is 7.88. The number of sulfonamides is 1. The molecule has 150 valence electrons. The van der Waals surface area contributed by atoms with Crippen LogP contribution in [0.2, 0.25) is 0 Å². The number of ether oxygens (including phenoxy) is 1. The van der Waals surface area contributed by atoms with E-state index < -0.39 is 15.6 Å². The number of hydrogen-bond donors (Lipinski definition) is 2. The van der Waals surface area contributed by atoms with E-state index >= 15 is 0 Å². The van der Waals surface area contributed by atoms with Crippen LogP contribution in [0.4, 0.5) is 5.82 Å². The molecule has 4 rings (SSSR count). The molecule has 0 unspecified atom stereocenters. The monoisotopic (exact) mass is 403 g/mol. The maximum atomic E-state index is 12.0. The zero-order valence-electron chi connectivity index (χ0n) is 16.1. The summed E-state index contributed by atoms with van der Waals surface area (Å²) in [5.74, 6) is 1.20. The molecule has 2 heterocycles. The van der Waals surface area contributed by atoms with Crippen molar-refractivity contribution in [1.82, 2.24) is 19.3 Å². The largest absolute Gasteiger partial charge is 0.384 e. The van der Waals surface area contributed by atoms with Crippen molar-refractivity contribution in [3.8, 4) is 0 Å². The van der Waals surface area contributed by atoms with Gasteiger partial charge in [0.05, 0.1) is 29.4 Å². The van der Waals surface area contributed by atoms with E-state index in [0.29, 0.717) is 30.9 Å². The van der Waals surface area contributed by atoms with Crippen molar-refractivity contribution in [3.05, 3.63) is 30.1 Å². The van der Waals surface area contributed by atoms with Crippen LogP contribution in [0.15, 0.2) is 24.3 Å². The van der Waals surface area contributed by atoms with E-state index in [1.165, 1.54) is 6.26 Å². The second-order valence-electron chi connectivity index (χ2n) is 7.58. The Kier molecular flexibility index (Phi) is 4.76. The summed E-state index contributed by atoms with van der Waals surface area (Å²) in [7, 11) is -1.68. The fourth-order valence-electron chi connectivity index (χ4n) is 4.05. The average molecular weight is 404 g/mol. The number of anilines is 1. The lowest BCUT2D eigenvalue weighted by atomic mass is 9.77. The van der Waals surface area contributed by atoms with Crippen molar-refractivity contribution in [2.45, 2.75) is 37.8 Å². The van der Waals surface area contributed by atoms with Gasteiger partial charge in [-0.05, 0) is 25.3 Å². The van der Waals surface area contributed by atoms with Gasteiger partial charge in [-0.2, -0.15) is 0 Å². The van der Waals surface area contributed by atoms with Crippen molar-refractivity contribution in [3.63, 3.8) is 0 Å². The van der Waals surface area contributed by atoms with Crippen LogP contribution in [0.5, 0.6) is 0 Å². The molecule has 1 fully saturated rings. The third-order valence-corrected chi connectivity index (χ3v) is 6.20. The van der Waals surface area contributed by atoms with Crippen LogP contribution in [-0.2, 0) is 27.7 Å². The number of methoxy groups -OCH3 is 1. The quantitative estimate of drug-likeness (QED) is 0.622. The lowest BCUT2D eigenvalue weighted by molar-refractivity contribution is 0.183. The van der Waals surface area contributed by atoms with Crippen LogP contribution in [0.3, 0.4) is 0 Å². The zero-order chi connectivity index (χ0) is 19.9. The van der Waals surface area contributed by atoms with Gasteiger partial charge in [-0.15, -0.1) is 0 Å². The molecule has 1 aromatic carbocycles. The van der Waals surface area contributed by atoms with Crippen molar-refractivity contribution >= 4 is 37.8 Å². The molecule has 0 saturated heterocycles. The van der Waals surface area contributed by atoms with Crippen LogP contribution < -0.4 is 10.5 Å². The number of nitrogens with zero attached hydrogens (tertiary/aromatic N) is 3. The Morgan fingerprint density at radius 1 is 1.29 bits per heavy atom. The molecular formula is C19H25N5O3S. The third kappa shape index (κ3) is 3.45. The SMILES string of the molecule is COCCc1nc2c(N)nc3ccccc3c2n1CC1(NS(C)(=O)=O)CCC1. The molecule has 0 spiro atoms. The van der Waals surface area contributed by atoms with E-state index in [1.54, 1.807) is 7.11 Å². The number of para-hydroxylation sites is 1. The lowest BCUT2D eigenvalue weighted by Gasteiger charge is -2.42. The summed E-state index contributed by atoms with van der Waals surface area (Å²) < 4.78 is 34.2. The number of nitrogens with one attached hydrogen (secondary N) is 1. The number of fused-ring (bicyclic) bond motifs is 3. The Morgan fingerprint density at radius 3 is 2.68 bits per heavy atom. The van der Waals surface area contributed by atoms with Gasteiger partial charge in [-0.1, -0.05) is 18.2 Å². The van der Waals surface area contributed by atoms with E-state index in [2.05, 4.69) is 14.3 Å². The molecule has 0 amide bonds. The number of nitrogen functional groups attached to an aromatic ring is 1. The number of imidazole rings is 1. The minimum Gasteiger partial charge on any atom is -0.384 e. The van der Waals surface area contributed by atoms with Gasteiger partial charge in [0.2, 0.25) is 10.0 Å². The molecule has 1 aliphatic rings. The molecule has 3 aromatic rings. The van der Waals surface area contributed by atoms with Crippen molar-refractivity contribution in [2.75, 3.05) is 25.7 Å². The lowest BCUT2D eigenvalue weighted by Crippen LogP contribution is -2.55. The molecule has 1 saturated carbocycles. The topological polar surface area (TPSA) is 112 Å². The Balaban J connectivity index is 1.91. The van der Waals surface area contributed by atoms with E-state index in [4.69, 9.17) is 15.5 Å². The summed E-state index contributed by atoms with van der Waals surface area (Å²) in [6.07, 6.45) is 4.40. The van der Waals surface area contributed by atoms with Gasteiger partial charge in [-0.3, -0.25) is 0 Å². The molecule has 0 bridgehead atoms. The predicted molar refractivity (Wildman–Crippen MR) is 110 cm³/mol. The van der Waals surface area contributed by atoms with Crippen molar-refractivity contribution in [1.29, 1.82) is 0 Å². The molecule has 9 heteroatoms. The normalized spacial score (nSPS) is 16.5.